The SMILES string of the molecule is O=C(c1ccc(-c2ccccc2F)o1)N1CCN(c2ncc(Br)cn2)CC1. The standard InChI is InChI=1S/C19H16BrFN4O2/c20-13-11-22-19(23-12-13)25-9-7-24(8-10-25)18(26)17-6-5-16(27-17)14-3-1-2-4-15(14)21/h1-6,11-12H,7-10H2. The predicted octanol–water partition coefficient (Wildman–Crippen LogP) is 3.60. The summed E-state index contributed by atoms with van der Waals surface area (Å²) >= 11 is 3.32. The average Bonchev–Trinajstić information content (AvgIpc) is 3.18. The van der Waals surface area contributed by atoms with Gasteiger partial charge in [-0.3, -0.25) is 4.79 Å². The fourth-order valence-electron chi connectivity index (χ4n) is 2.99. The highest BCUT2D eigenvalue weighted by Crippen LogP contribution is 2.25. The van der Waals surface area contributed by atoms with Gasteiger partial charge in [0.2, 0.25) is 5.95 Å². The van der Waals surface area contributed by atoms with E-state index < -0.39 is 0 Å². The van der Waals surface area contributed by atoms with Crippen LogP contribution in [0.25, 0.3) is 11.3 Å². The number of benzene rings is 1. The van der Waals surface area contributed by atoms with Gasteiger partial charge in [0.05, 0.1) is 10.0 Å². The van der Waals surface area contributed by atoms with Crippen LogP contribution < -0.4 is 4.90 Å². The van der Waals surface area contributed by atoms with E-state index in [1.54, 1.807) is 47.6 Å². The molecule has 0 bridgehead atoms. The second-order valence-electron chi connectivity index (χ2n) is 6.12. The summed E-state index contributed by atoms with van der Waals surface area (Å²) in [5.41, 5.74) is 0.341. The minimum Gasteiger partial charge on any atom is -0.451 e. The summed E-state index contributed by atoms with van der Waals surface area (Å²) in [6.07, 6.45) is 3.40. The van der Waals surface area contributed by atoms with E-state index in [9.17, 15) is 9.18 Å². The number of rotatable bonds is 3. The lowest BCUT2D eigenvalue weighted by Crippen LogP contribution is -2.49. The molecule has 0 aliphatic carbocycles. The van der Waals surface area contributed by atoms with Crippen molar-refractivity contribution in [2.24, 2.45) is 0 Å². The van der Waals surface area contributed by atoms with Crippen molar-refractivity contribution in [2.45, 2.75) is 0 Å². The number of hydrogen-bond donors (Lipinski definition) is 0. The van der Waals surface area contributed by atoms with Gasteiger partial charge in [-0.1, -0.05) is 12.1 Å². The van der Waals surface area contributed by atoms with E-state index >= 15 is 0 Å². The number of nitrogens with zero attached hydrogens (tertiary/aromatic N) is 4. The first-order valence-corrected chi connectivity index (χ1v) is 9.27. The van der Waals surface area contributed by atoms with Gasteiger partial charge in [0.1, 0.15) is 11.6 Å². The van der Waals surface area contributed by atoms with Crippen molar-refractivity contribution in [3.8, 4) is 11.3 Å². The van der Waals surface area contributed by atoms with Crippen LogP contribution in [0.2, 0.25) is 0 Å². The molecule has 3 heterocycles. The first-order valence-electron chi connectivity index (χ1n) is 8.48. The van der Waals surface area contributed by atoms with E-state index in [0.717, 1.165) is 4.47 Å². The Balaban J connectivity index is 1.43. The summed E-state index contributed by atoms with van der Waals surface area (Å²) < 4.78 is 20.3. The van der Waals surface area contributed by atoms with Crippen molar-refractivity contribution in [2.75, 3.05) is 31.1 Å². The van der Waals surface area contributed by atoms with Crippen molar-refractivity contribution < 1.29 is 13.6 Å². The molecule has 3 aromatic rings. The molecule has 4 rings (SSSR count). The van der Waals surface area contributed by atoms with Gasteiger partial charge in [0, 0.05) is 38.6 Å². The minimum atomic E-state index is -0.381. The van der Waals surface area contributed by atoms with Crippen LogP contribution in [0.15, 0.2) is 57.7 Å². The number of carbonyl (C=O) groups excluding carboxylic acids is 1. The Hall–Kier alpha value is -2.74. The lowest BCUT2D eigenvalue weighted by atomic mass is 10.1. The number of carbonyl (C=O) groups is 1. The molecular weight excluding hydrogens is 415 g/mol. The zero-order valence-corrected chi connectivity index (χ0v) is 15.9. The van der Waals surface area contributed by atoms with Crippen molar-refractivity contribution in [3.63, 3.8) is 0 Å². The van der Waals surface area contributed by atoms with Gasteiger partial charge < -0.3 is 14.2 Å². The number of halogens is 2. The first-order chi connectivity index (χ1) is 13.1. The maximum Gasteiger partial charge on any atom is 0.289 e. The van der Waals surface area contributed by atoms with E-state index in [0.29, 0.717) is 43.5 Å². The number of amides is 1. The smallest absolute Gasteiger partial charge is 0.289 e. The molecule has 1 fully saturated rings. The summed E-state index contributed by atoms with van der Waals surface area (Å²) in [5.74, 6) is 0.619. The number of hydrogen-bond acceptors (Lipinski definition) is 5. The molecule has 0 atom stereocenters. The van der Waals surface area contributed by atoms with Crippen molar-refractivity contribution in [1.82, 2.24) is 14.9 Å². The minimum absolute atomic E-state index is 0.200. The topological polar surface area (TPSA) is 62.5 Å². The monoisotopic (exact) mass is 430 g/mol. The van der Waals surface area contributed by atoms with E-state index in [1.165, 1.54) is 6.07 Å². The molecule has 0 radical (unpaired) electrons. The zero-order valence-electron chi connectivity index (χ0n) is 14.3. The maximum absolute atomic E-state index is 13.9. The fraction of sp³-hybridized carbons (Fsp3) is 0.211. The second kappa shape index (κ2) is 7.48. The van der Waals surface area contributed by atoms with Gasteiger partial charge in [-0.15, -0.1) is 0 Å². The molecule has 0 spiro atoms. The highest BCUT2D eigenvalue weighted by atomic mass is 79.9. The molecule has 138 valence electrons. The molecule has 1 amide bonds. The Morgan fingerprint density at radius 3 is 2.44 bits per heavy atom. The number of furan rings is 1. The van der Waals surface area contributed by atoms with Crippen molar-refractivity contribution in [1.29, 1.82) is 0 Å². The summed E-state index contributed by atoms with van der Waals surface area (Å²) in [4.78, 5) is 25.0. The molecule has 8 heteroatoms. The molecule has 2 aromatic heterocycles. The second-order valence-corrected chi connectivity index (χ2v) is 7.04. The summed E-state index contributed by atoms with van der Waals surface area (Å²) in [6, 6.07) is 9.54. The molecule has 1 saturated heterocycles. The van der Waals surface area contributed by atoms with Gasteiger partial charge >= 0.3 is 0 Å². The van der Waals surface area contributed by atoms with Crippen LogP contribution in [-0.2, 0) is 0 Å². The Morgan fingerprint density at radius 2 is 1.74 bits per heavy atom. The Morgan fingerprint density at radius 1 is 1.04 bits per heavy atom. The molecule has 27 heavy (non-hydrogen) atoms. The highest BCUT2D eigenvalue weighted by Gasteiger charge is 2.25. The third-order valence-electron chi connectivity index (χ3n) is 4.41. The van der Waals surface area contributed by atoms with Gasteiger partial charge in [-0.2, -0.15) is 0 Å². The Kier molecular flexibility index (Phi) is 4.89. The predicted molar refractivity (Wildman–Crippen MR) is 102 cm³/mol. The van der Waals surface area contributed by atoms with Crippen LogP contribution in [0.4, 0.5) is 10.3 Å². The van der Waals surface area contributed by atoms with Crippen molar-refractivity contribution >= 4 is 27.8 Å². The molecule has 1 aliphatic heterocycles. The number of anilines is 1. The van der Waals surface area contributed by atoms with E-state index in [4.69, 9.17) is 4.42 Å². The molecular formula is C19H16BrFN4O2. The quantitative estimate of drug-likeness (QED) is 0.634. The average molecular weight is 431 g/mol. The largest absolute Gasteiger partial charge is 0.451 e. The number of piperazine rings is 1. The normalized spacial score (nSPS) is 14.4. The van der Waals surface area contributed by atoms with Crippen LogP contribution in [-0.4, -0.2) is 47.0 Å². The third kappa shape index (κ3) is 3.71. The fourth-order valence-corrected chi connectivity index (χ4v) is 3.20. The Labute approximate surface area is 163 Å². The summed E-state index contributed by atoms with van der Waals surface area (Å²) in [5, 5.41) is 0. The van der Waals surface area contributed by atoms with E-state index in [2.05, 4.69) is 25.9 Å². The zero-order chi connectivity index (χ0) is 18.8. The van der Waals surface area contributed by atoms with Crippen LogP contribution >= 0.6 is 15.9 Å². The van der Waals surface area contributed by atoms with Crippen LogP contribution in [0.5, 0.6) is 0 Å². The van der Waals surface area contributed by atoms with Gasteiger partial charge in [-0.25, -0.2) is 14.4 Å². The molecule has 6 nitrogen and oxygen atoms in total. The molecule has 0 unspecified atom stereocenters. The number of aromatic nitrogens is 2. The van der Waals surface area contributed by atoms with Crippen molar-refractivity contribution in [3.05, 3.63) is 64.8 Å². The maximum atomic E-state index is 13.9. The highest BCUT2D eigenvalue weighted by molar-refractivity contribution is 9.10. The molecule has 0 N–H and O–H groups in total. The molecule has 1 aromatic carbocycles. The summed E-state index contributed by atoms with van der Waals surface area (Å²) in [7, 11) is 0. The van der Waals surface area contributed by atoms with Crippen LogP contribution in [0, 0.1) is 5.82 Å². The third-order valence-corrected chi connectivity index (χ3v) is 4.82. The van der Waals surface area contributed by atoms with E-state index in [1.807, 2.05) is 4.90 Å². The van der Waals surface area contributed by atoms with Gasteiger partial charge in [0.25, 0.3) is 5.91 Å². The molecule has 1 aliphatic rings. The lowest BCUT2D eigenvalue weighted by molar-refractivity contribution is 0.0715. The van der Waals surface area contributed by atoms with Crippen LogP contribution in [0.3, 0.4) is 0 Å². The molecule has 0 saturated carbocycles. The van der Waals surface area contributed by atoms with E-state index in [-0.39, 0.29) is 17.5 Å². The summed E-state index contributed by atoms with van der Waals surface area (Å²) in [6.45, 7) is 2.34. The lowest BCUT2D eigenvalue weighted by Gasteiger charge is -2.34. The van der Waals surface area contributed by atoms with Gasteiger partial charge in [0.15, 0.2) is 5.76 Å². The van der Waals surface area contributed by atoms with Crippen LogP contribution in [0.1, 0.15) is 10.6 Å². The van der Waals surface area contributed by atoms with Gasteiger partial charge in [-0.05, 0) is 40.2 Å². The Bertz CT molecular complexity index is 952. The first kappa shape index (κ1) is 17.7.